The molecule has 146 valence electrons. The minimum absolute atomic E-state index is 0.429. The van der Waals surface area contributed by atoms with E-state index in [1.807, 2.05) is 0 Å². The highest BCUT2D eigenvalue weighted by molar-refractivity contribution is 5.54. The molecule has 0 atom stereocenters. The number of hydrogen-bond donors (Lipinski definition) is 0. The van der Waals surface area contributed by atoms with Gasteiger partial charge in [-0.25, -0.2) is 0 Å². The molecule has 1 saturated carbocycles. The molecule has 1 aromatic carbocycles. The standard InChI is InChI=1S/C22H31N3O2/c1-3-26-20-12-18(13-20)14-21-23-22(24-27-21)19-6-4-17(5-7-19)15-25-10-8-16(2)9-11-25/h4-7,16,18,20H,3,8-15H2,1-2H3. The average molecular weight is 370 g/mol. The van der Waals surface area contributed by atoms with Crippen LogP contribution in [0.1, 0.15) is 51.0 Å². The van der Waals surface area contributed by atoms with Crippen molar-refractivity contribution in [3.05, 3.63) is 35.7 Å². The number of likely N-dealkylation sites (tertiary alicyclic amines) is 1. The first-order chi connectivity index (χ1) is 13.2. The maximum atomic E-state index is 5.62. The molecule has 27 heavy (non-hydrogen) atoms. The summed E-state index contributed by atoms with van der Waals surface area (Å²) in [6.07, 6.45) is 6.14. The molecule has 0 N–H and O–H groups in total. The summed E-state index contributed by atoms with van der Waals surface area (Å²) in [4.78, 5) is 7.15. The van der Waals surface area contributed by atoms with E-state index < -0.39 is 0 Å². The Hall–Kier alpha value is -1.72. The van der Waals surface area contributed by atoms with Crippen LogP contribution in [0.4, 0.5) is 0 Å². The smallest absolute Gasteiger partial charge is 0.227 e. The molecule has 2 aliphatic rings. The van der Waals surface area contributed by atoms with Crippen LogP contribution >= 0.6 is 0 Å². The first kappa shape index (κ1) is 18.6. The molecule has 1 aliphatic carbocycles. The molecule has 0 amide bonds. The van der Waals surface area contributed by atoms with Crippen molar-refractivity contribution in [2.75, 3.05) is 19.7 Å². The van der Waals surface area contributed by atoms with Crippen LogP contribution in [0.15, 0.2) is 28.8 Å². The summed E-state index contributed by atoms with van der Waals surface area (Å²) < 4.78 is 11.1. The number of aromatic nitrogens is 2. The first-order valence-corrected chi connectivity index (χ1v) is 10.5. The van der Waals surface area contributed by atoms with Gasteiger partial charge in [0.05, 0.1) is 6.10 Å². The van der Waals surface area contributed by atoms with Crippen LogP contribution in [0, 0.1) is 11.8 Å². The molecule has 0 radical (unpaired) electrons. The van der Waals surface area contributed by atoms with Crippen LogP contribution in [0.25, 0.3) is 11.4 Å². The van der Waals surface area contributed by atoms with E-state index in [0.29, 0.717) is 17.8 Å². The quantitative estimate of drug-likeness (QED) is 0.727. The Morgan fingerprint density at radius 2 is 1.89 bits per heavy atom. The second-order valence-corrected chi connectivity index (χ2v) is 8.29. The molecule has 0 unspecified atom stereocenters. The highest BCUT2D eigenvalue weighted by Crippen LogP contribution is 2.33. The van der Waals surface area contributed by atoms with Crippen LogP contribution in [0.3, 0.4) is 0 Å². The van der Waals surface area contributed by atoms with E-state index in [1.165, 1.54) is 31.5 Å². The minimum Gasteiger partial charge on any atom is -0.378 e. The first-order valence-electron chi connectivity index (χ1n) is 10.5. The van der Waals surface area contributed by atoms with E-state index in [-0.39, 0.29) is 0 Å². The predicted molar refractivity (Wildman–Crippen MR) is 105 cm³/mol. The fraction of sp³-hybridized carbons (Fsp3) is 0.636. The Morgan fingerprint density at radius 3 is 2.59 bits per heavy atom. The highest BCUT2D eigenvalue weighted by atomic mass is 16.5. The Labute approximate surface area is 162 Å². The molecule has 0 bridgehead atoms. The molecule has 2 aromatic rings. The van der Waals surface area contributed by atoms with Gasteiger partial charge in [-0.2, -0.15) is 4.98 Å². The van der Waals surface area contributed by atoms with Gasteiger partial charge in [0, 0.05) is 25.1 Å². The molecular formula is C22H31N3O2. The Bertz CT molecular complexity index is 713. The van der Waals surface area contributed by atoms with Crippen molar-refractivity contribution in [2.45, 2.75) is 58.6 Å². The minimum atomic E-state index is 0.429. The van der Waals surface area contributed by atoms with Gasteiger partial charge < -0.3 is 9.26 Å². The lowest BCUT2D eigenvalue weighted by atomic mass is 9.80. The summed E-state index contributed by atoms with van der Waals surface area (Å²) in [6.45, 7) is 8.66. The molecule has 1 aromatic heterocycles. The van der Waals surface area contributed by atoms with E-state index in [1.54, 1.807) is 0 Å². The Balaban J connectivity index is 1.29. The molecule has 2 fully saturated rings. The Morgan fingerprint density at radius 1 is 1.15 bits per heavy atom. The number of ether oxygens (including phenoxy) is 1. The van der Waals surface area contributed by atoms with Crippen molar-refractivity contribution in [3.63, 3.8) is 0 Å². The van der Waals surface area contributed by atoms with Gasteiger partial charge >= 0.3 is 0 Å². The normalized spacial score (nSPS) is 24.1. The van der Waals surface area contributed by atoms with Crippen molar-refractivity contribution in [2.24, 2.45) is 11.8 Å². The number of benzene rings is 1. The predicted octanol–water partition coefficient (Wildman–Crippen LogP) is 4.33. The van der Waals surface area contributed by atoms with Gasteiger partial charge in [-0.05, 0) is 63.1 Å². The SMILES string of the molecule is CCOC1CC(Cc2nc(-c3ccc(CN4CCC(C)CC4)cc3)no2)C1. The average Bonchev–Trinajstić information content (AvgIpc) is 3.11. The molecular weight excluding hydrogens is 338 g/mol. The number of nitrogens with zero attached hydrogens (tertiary/aromatic N) is 3. The van der Waals surface area contributed by atoms with Crippen molar-refractivity contribution < 1.29 is 9.26 Å². The van der Waals surface area contributed by atoms with Gasteiger partial charge in [0.1, 0.15) is 0 Å². The number of rotatable bonds is 7. The highest BCUT2D eigenvalue weighted by Gasteiger charge is 2.31. The lowest BCUT2D eigenvalue weighted by Crippen LogP contribution is -2.32. The van der Waals surface area contributed by atoms with Gasteiger partial charge in [-0.15, -0.1) is 0 Å². The molecule has 5 heteroatoms. The zero-order valence-corrected chi connectivity index (χ0v) is 16.6. The van der Waals surface area contributed by atoms with Gasteiger partial charge in [-0.1, -0.05) is 36.3 Å². The van der Waals surface area contributed by atoms with E-state index >= 15 is 0 Å². The van der Waals surface area contributed by atoms with Crippen LogP contribution in [-0.4, -0.2) is 40.8 Å². The summed E-state index contributed by atoms with van der Waals surface area (Å²) in [6, 6.07) is 8.63. The molecule has 5 nitrogen and oxygen atoms in total. The summed E-state index contributed by atoms with van der Waals surface area (Å²) in [5, 5.41) is 4.18. The maximum absolute atomic E-state index is 5.62. The zero-order chi connectivity index (χ0) is 18.6. The van der Waals surface area contributed by atoms with Crippen LogP contribution in [0.2, 0.25) is 0 Å². The van der Waals surface area contributed by atoms with Crippen LogP contribution in [0.5, 0.6) is 0 Å². The second kappa shape index (κ2) is 8.53. The third-order valence-corrected chi connectivity index (χ3v) is 6.02. The van der Waals surface area contributed by atoms with E-state index in [4.69, 9.17) is 9.26 Å². The third-order valence-electron chi connectivity index (χ3n) is 6.02. The summed E-state index contributed by atoms with van der Waals surface area (Å²) >= 11 is 0. The van der Waals surface area contributed by atoms with Crippen molar-refractivity contribution in [3.8, 4) is 11.4 Å². The van der Waals surface area contributed by atoms with Gasteiger partial charge in [0.15, 0.2) is 0 Å². The van der Waals surface area contributed by atoms with Crippen molar-refractivity contribution in [1.82, 2.24) is 15.0 Å². The molecule has 1 saturated heterocycles. The third kappa shape index (κ3) is 4.77. The van der Waals surface area contributed by atoms with Gasteiger partial charge in [0.2, 0.25) is 11.7 Å². The molecule has 4 rings (SSSR count). The Kier molecular flexibility index (Phi) is 5.89. The second-order valence-electron chi connectivity index (χ2n) is 8.29. The van der Waals surface area contributed by atoms with Crippen LogP contribution in [-0.2, 0) is 17.7 Å². The summed E-state index contributed by atoms with van der Waals surface area (Å²) in [5.41, 5.74) is 2.38. The maximum Gasteiger partial charge on any atom is 0.227 e. The largest absolute Gasteiger partial charge is 0.378 e. The lowest BCUT2D eigenvalue weighted by Gasteiger charge is -2.33. The van der Waals surface area contributed by atoms with Gasteiger partial charge in [0.25, 0.3) is 0 Å². The van der Waals surface area contributed by atoms with Crippen molar-refractivity contribution >= 4 is 0 Å². The molecule has 2 heterocycles. The molecule has 1 aliphatic heterocycles. The fourth-order valence-electron chi connectivity index (χ4n) is 4.15. The topological polar surface area (TPSA) is 51.4 Å². The lowest BCUT2D eigenvalue weighted by molar-refractivity contribution is -0.0258. The van der Waals surface area contributed by atoms with E-state index in [9.17, 15) is 0 Å². The van der Waals surface area contributed by atoms with Crippen LogP contribution < -0.4 is 0 Å². The number of piperidine rings is 1. The summed E-state index contributed by atoms with van der Waals surface area (Å²) in [5.74, 6) is 2.94. The monoisotopic (exact) mass is 369 g/mol. The van der Waals surface area contributed by atoms with Crippen molar-refractivity contribution in [1.29, 1.82) is 0 Å². The van der Waals surface area contributed by atoms with Gasteiger partial charge in [-0.3, -0.25) is 4.90 Å². The zero-order valence-electron chi connectivity index (χ0n) is 16.6. The van der Waals surface area contributed by atoms with E-state index in [2.05, 4.69) is 53.2 Å². The fourth-order valence-corrected chi connectivity index (χ4v) is 4.15. The molecule has 0 spiro atoms. The van der Waals surface area contributed by atoms with E-state index in [0.717, 1.165) is 49.8 Å². The number of hydrogen-bond acceptors (Lipinski definition) is 5. The summed E-state index contributed by atoms with van der Waals surface area (Å²) in [7, 11) is 0.